The molecule has 5 heteroatoms. The molecule has 2 N–H and O–H groups in total. The second-order valence-electron chi connectivity index (χ2n) is 4.36. The number of ether oxygens (including phenoxy) is 1. The monoisotopic (exact) mass is 259 g/mol. The van der Waals surface area contributed by atoms with Crippen molar-refractivity contribution < 1.29 is 4.74 Å². The summed E-state index contributed by atoms with van der Waals surface area (Å²) in [5.41, 5.74) is 6.99. The highest BCUT2D eigenvalue weighted by Gasteiger charge is 2.03. The van der Waals surface area contributed by atoms with Gasteiger partial charge >= 0.3 is 0 Å². The summed E-state index contributed by atoms with van der Waals surface area (Å²) in [6.45, 7) is 4.48. The Kier molecular flexibility index (Phi) is 3.85. The number of aryl methyl sites for hydroxylation is 2. The summed E-state index contributed by atoms with van der Waals surface area (Å²) >= 11 is 0. The Hall–Kier alpha value is -2.30. The van der Waals surface area contributed by atoms with Crippen molar-refractivity contribution in [3.05, 3.63) is 52.2 Å². The van der Waals surface area contributed by atoms with E-state index in [2.05, 4.69) is 4.98 Å². The highest BCUT2D eigenvalue weighted by Crippen LogP contribution is 2.14. The first kappa shape index (κ1) is 13.1. The molecule has 19 heavy (non-hydrogen) atoms. The van der Waals surface area contributed by atoms with Crippen molar-refractivity contribution in [3.63, 3.8) is 0 Å². The third kappa shape index (κ3) is 3.34. The molecule has 5 nitrogen and oxygen atoms in total. The lowest BCUT2D eigenvalue weighted by atomic mass is 10.3. The Morgan fingerprint density at radius 1 is 1.32 bits per heavy atom. The molecule has 1 aromatic heterocycles. The van der Waals surface area contributed by atoms with E-state index in [9.17, 15) is 4.79 Å². The number of nitrogens with zero attached hydrogens (tertiary/aromatic N) is 2. The van der Waals surface area contributed by atoms with Gasteiger partial charge < -0.3 is 10.5 Å². The molecule has 0 saturated heterocycles. The third-order valence-electron chi connectivity index (χ3n) is 2.77. The van der Waals surface area contributed by atoms with Gasteiger partial charge in [0.1, 0.15) is 18.2 Å². The van der Waals surface area contributed by atoms with Gasteiger partial charge in [-0.05, 0) is 26.0 Å². The smallest absolute Gasteiger partial charge is 0.253 e. The summed E-state index contributed by atoms with van der Waals surface area (Å²) < 4.78 is 7.16. The quantitative estimate of drug-likeness (QED) is 0.845. The summed E-state index contributed by atoms with van der Waals surface area (Å²) in [6.07, 6.45) is 0. The maximum Gasteiger partial charge on any atom is 0.253 e. The van der Waals surface area contributed by atoms with Crippen molar-refractivity contribution in [2.75, 3.05) is 12.3 Å². The molecule has 0 aliphatic heterocycles. The highest BCUT2D eigenvalue weighted by atomic mass is 16.5. The van der Waals surface area contributed by atoms with E-state index in [1.807, 2.05) is 26.0 Å². The molecule has 0 aliphatic rings. The molecule has 0 radical (unpaired) electrons. The van der Waals surface area contributed by atoms with E-state index in [-0.39, 0.29) is 5.56 Å². The van der Waals surface area contributed by atoms with Crippen LogP contribution in [-0.4, -0.2) is 16.2 Å². The normalized spacial score (nSPS) is 10.4. The highest BCUT2D eigenvalue weighted by molar-refractivity contribution is 5.43. The average molecular weight is 259 g/mol. The van der Waals surface area contributed by atoms with Crippen molar-refractivity contribution in [2.24, 2.45) is 0 Å². The zero-order valence-corrected chi connectivity index (χ0v) is 11.1. The van der Waals surface area contributed by atoms with Crippen LogP contribution < -0.4 is 16.0 Å². The van der Waals surface area contributed by atoms with Gasteiger partial charge in [0.2, 0.25) is 0 Å². The molecule has 0 saturated carbocycles. The summed E-state index contributed by atoms with van der Waals surface area (Å²) in [7, 11) is 0. The topological polar surface area (TPSA) is 70.1 Å². The molecule has 1 aromatic carbocycles. The molecule has 0 spiro atoms. The molecule has 0 atom stereocenters. The summed E-state index contributed by atoms with van der Waals surface area (Å²) in [6, 6.07) is 8.73. The Labute approximate surface area is 111 Å². The van der Waals surface area contributed by atoms with Crippen LogP contribution in [0.5, 0.6) is 5.75 Å². The maximum absolute atomic E-state index is 11.8. The molecule has 0 bridgehead atoms. The van der Waals surface area contributed by atoms with Gasteiger partial charge in [-0.15, -0.1) is 0 Å². The largest absolute Gasteiger partial charge is 0.492 e. The number of anilines is 1. The molecule has 2 rings (SSSR count). The second kappa shape index (κ2) is 5.56. The molecular formula is C14H17N3O2. The van der Waals surface area contributed by atoms with E-state index in [4.69, 9.17) is 10.5 Å². The predicted octanol–water partition coefficient (Wildman–Crippen LogP) is 1.52. The zero-order chi connectivity index (χ0) is 13.8. The van der Waals surface area contributed by atoms with E-state index in [1.54, 1.807) is 16.7 Å². The van der Waals surface area contributed by atoms with Crippen LogP contribution in [0.15, 0.2) is 35.1 Å². The van der Waals surface area contributed by atoms with Crippen LogP contribution in [-0.2, 0) is 6.54 Å². The number of hydrogen-bond acceptors (Lipinski definition) is 4. The standard InChI is InChI=1S/C14H17N3O2/c1-10-8-14(18)17(11(2)16-10)6-7-19-13-5-3-4-12(15)9-13/h3-5,8-9H,6-7,15H2,1-2H3. The lowest BCUT2D eigenvalue weighted by molar-refractivity contribution is 0.294. The Morgan fingerprint density at radius 3 is 2.79 bits per heavy atom. The van der Waals surface area contributed by atoms with E-state index >= 15 is 0 Å². The van der Waals surface area contributed by atoms with Gasteiger partial charge in [0.25, 0.3) is 5.56 Å². The summed E-state index contributed by atoms with van der Waals surface area (Å²) in [5.74, 6) is 1.40. The van der Waals surface area contributed by atoms with Crippen LogP contribution in [0.1, 0.15) is 11.5 Å². The van der Waals surface area contributed by atoms with E-state index < -0.39 is 0 Å². The van der Waals surface area contributed by atoms with Gasteiger partial charge in [0.05, 0.1) is 6.54 Å². The first-order chi connectivity index (χ1) is 9.06. The Bertz CT molecular complexity index is 635. The van der Waals surface area contributed by atoms with Gasteiger partial charge in [-0.1, -0.05) is 6.07 Å². The van der Waals surface area contributed by atoms with E-state index in [1.165, 1.54) is 6.07 Å². The van der Waals surface area contributed by atoms with Crippen molar-refractivity contribution in [1.29, 1.82) is 0 Å². The number of benzene rings is 1. The van der Waals surface area contributed by atoms with Gasteiger partial charge in [-0.2, -0.15) is 0 Å². The lowest BCUT2D eigenvalue weighted by Crippen LogP contribution is -2.26. The van der Waals surface area contributed by atoms with Crippen LogP contribution in [0, 0.1) is 13.8 Å². The minimum absolute atomic E-state index is 0.0545. The van der Waals surface area contributed by atoms with Crippen molar-refractivity contribution in [1.82, 2.24) is 9.55 Å². The summed E-state index contributed by atoms with van der Waals surface area (Å²) in [4.78, 5) is 16.1. The fourth-order valence-corrected chi connectivity index (χ4v) is 1.90. The number of nitrogens with two attached hydrogens (primary N) is 1. The van der Waals surface area contributed by atoms with Crippen LogP contribution in [0.2, 0.25) is 0 Å². The van der Waals surface area contributed by atoms with E-state index in [0.29, 0.717) is 30.4 Å². The fraction of sp³-hybridized carbons (Fsp3) is 0.286. The van der Waals surface area contributed by atoms with Gasteiger partial charge in [-0.25, -0.2) is 4.98 Å². The second-order valence-corrected chi connectivity index (χ2v) is 4.36. The Morgan fingerprint density at radius 2 is 2.11 bits per heavy atom. The van der Waals surface area contributed by atoms with Crippen molar-refractivity contribution in [2.45, 2.75) is 20.4 Å². The minimum atomic E-state index is -0.0545. The number of rotatable bonds is 4. The van der Waals surface area contributed by atoms with Crippen LogP contribution in [0.4, 0.5) is 5.69 Å². The minimum Gasteiger partial charge on any atom is -0.492 e. The number of aromatic nitrogens is 2. The molecule has 0 amide bonds. The molecule has 100 valence electrons. The third-order valence-corrected chi connectivity index (χ3v) is 2.77. The molecule has 0 fully saturated rings. The maximum atomic E-state index is 11.8. The first-order valence-electron chi connectivity index (χ1n) is 6.09. The number of hydrogen-bond donors (Lipinski definition) is 1. The molecule has 1 heterocycles. The molecule has 0 aliphatic carbocycles. The zero-order valence-electron chi connectivity index (χ0n) is 11.1. The molecule has 2 aromatic rings. The van der Waals surface area contributed by atoms with E-state index in [0.717, 1.165) is 5.69 Å². The van der Waals surface area contributed by atoms with Gasteiger partial charge in [-0.3, -0.25) is 9.36 Å². The SMILES string of the molecule is Cc1cc(=O)n(CCOc2cccc(N)c2)c(C)n1. The van der Waals surface area contributed by atoms with Crippen LogP contribution in [0.25, 0.3) is 0 Å². The summed E-state index contributed by atoms with van der Waals surface area (Å²) in [5, 5.41) is 0. The van der Waals surface area contributed by atoms with Gasteiger partial charge in [0.15, 0.2) is 0 Å². The lowest BCUT2D eigenvalue weighted by Gasteiger charge is -2.11. The van der Waals surface area contributed by atoms with Crippen molar-refractivity contribution >= 4 is 5.69 Å². The number of nitrogen functional groups attached to an aromatic ring is 1. The molecule has 0 unspecified atom stereocenters. The first-order valence-corrected chi connectivity index (χ1v) is 6.09. The Balaban J connectivity index is 2.02. The van der Waals surface area contributed by atoms with Crippen LogP contribution >= 0.6 is 0 Å². The van der Waals surface area contributed by atoms with Crippen molar-refractivity contribution in [3.8, 4) is 5.75 Å². The molecular weight excluding hydrogens is 242 g/mol. The van der Waals surface area contributed by atoms with Crippen LogP contribution in [0.3, 0.4) is 0 Å². The average Bonchev–Trinajstić information content (AvgIpc) is 2.32. The van der Waals surface area contributed by atoms with Gasteiger partial charge in [0, 0.05) is 23.5 Å². The predicted molar refractivity (Wildman–Crippen MR) is 74.3 cm³/mol. The fourth-order valence-electron chi connectivity index (χ4n) is 1.90.